The lowest BCUT2D eigenvalue weighted by atomic mass is 9.54. The summed E-state index contributed by atoms with van der Waals surface area (Å²) in [6.07, 6.45) is 1.02. The molecule has 1 aromatic carbocycles. The number of aliphatic hydroxyl groups is 1. The number of alkyl halides is 1. The maximum Gasteiger partial charge on any atom is 0.127 e. The molecule has 0 aliphatic heterocycles. The number of hydrogen-bond donors (Lipinski definition) is 2. The molecule has 3 aliphatic rings. The van der Waals surface area contributed by atoms with Crippen molar-refractivity contribution in [2.75, 3.05) is 7.11 Å². The van der Waals surface area contributed by atoms with E-state index in [1.165, 1.54) is 11.1 Å². The molecule has 4 rings (SSSR count). The van der Waals surface area contributed by atoms with E-state index in [0.29, 0.717) is 24.5 Å². The summed E-state index contributed by atoms with van der Waals surface area (Å²) < 4.78 is 20.1. The Bertz CT molecular complexity index is 619. The van der Waals surface area contributed by atoms with E-state index >= 15 is 0 Å². The minimum atomic E-state index is -1.12. The fourth-order valence-electron chi connectivity index (χ4n) is 5.79. The van der Waals surface area contributed by atoms with Gasteiger partial charge < -0.3 is 14.9 Å². The van der Waals surface area contributed by atoms with E-state index in [1.54, 1.807) is 13.2 Å². The smallest absolute Gasteiger partial charge is 0.127 e. The lowest BCUT2D eigenvalue weighted by Crippen LogP contribution is -2.51. The van der Waals surface area contributed by atoms with Crippen LogP contribution < -0.4 is 0 Å². The molecule has 1 aromatic rings. The van der Waals surface area contributed by atoms with E-state index in [-0.39, 0.29) is 17.9 Å². The van der Waals surface area contributed by atoms with Crippen LogP contribution in [0.15, 0.2) is 18.2 Å². The first-order chi connectivity index (χ1) is 11.0. The average molecular weight is 319 g/mol. The number of halogens is 1. The molecule has 4 heteroatoms. The summed E-state index contributed by atoms with van der Waals surface area (Å²) in [4.78, 5) is 0. The first-order valence-corrected chi connectivity index (χ1v) is 8.62. The standard InChI is InChI=1S/C19H25FO3/c1-19-9-16(23-2)17-12-6-4-11(21)7-10(12)3-5-13(17)14(19)8-15(20)18(19)22/h4,6-7,13-18,21-22H,3,5,8-9H2,1-2H3/t13-,14-,15-,16-,17+,18-,19-/m0/s1/i20-1. The molecule has 2 fully saturated rings. The summed E-state index contributed by atoms with van der Waals surface area (Å²) >= 11 is 0. The Balaban J connectivity index is 1.78. The van der Waals surface area contributed by atoms with Gasteiger partial charge in [-0.2, -0.15) is 0 Å². The molecule has 2 saturated carbocycles. The van der Waals surface area contributed by atoms with Gasteiger partial charge in [0, 0.05) is 18.4 Å². The molecule has 3 nitrogen and oxygen atoms in total. The van der Waals surface area contributed by atoms with Crippen molar-refractivity contribution < 1.29 is 19.3 Å². The molecule has 0 unspecified atom stereocenters. The highest BCUT2D eigenvalue weighted by Crippen LogP contribution is 2.61. The summed E-state index contributed by atoms with van der Waals surface area (Å²) in [5, 5.41) is 20.2. The van der Waals surface area contributed by atoms with Crippen molar-refractivity contribution in [1.82, 2.24) is 0 Å². The molecule has 23 heavy (non-hydrogen) atoms. The first-order valence-electron chi connectivity index (χ1n) is 8.62. The van der Waals surface area contributed by atoms with Gasteiger partial charge >= 0.3 is 0 Å². The van der Waals surface area contributed by atoms with Crippen LogP contribution in [0.1, 0.15) is 43.2 Å². The number of ether oxygens (including phenoxy) is 1. The topological polar surface area (TPSA) is 49.7 Å². The van der Waals surface area contributed by atoms with Crippen LogP contribution in [0.3, 0.4) is 0 Å². The second-order valence-electron chi connectivity index (χ2n) is 7.90. The summed E-state index contributed by atoms with van der Waals surface area (Å²) in [5.74, 6) is 1.08. The van der Waals surface area contributed by atoms with Crippen molar-refractivity contribution in [3.8, 4) is 5.75 Å². The van der Waals surface area contributed by atoms with Crippen LogP contribution >= 0.6 is 0 Å². The normalized spacial score (nSPS) is 45.2. The SMILES string of the molecule is CO[C@H]1C[C@]2(C)[C@@H](O)[C@@H]([18F])C[C@H]2[C@@H]2CCc3cc(O)ccc3[C@H]21. The molecule has 0 saturated heterocycles. The van der Waals surface area contributed by atoms with Gasteiger partial charge in [0.1, 0.15) is 11.9 Å². The van der Waals surface area contributed by atoms with Crippen molar-refractivity contribution in [3.05, 3.63) is 29.3 Å². The van der Waals surface area contributed by atoms with Crippen LogP contribution in [0.2, 0.25) is 0 Å². The minimum Gasteiger partial charge on any atom is -0.508 e. The molecule has 0 heterocycles. The molecule has 0 radical (unpaired) electrons. The molecule has 0 aromatic heterocycles. The predicted octanol–water partition coefficient (Wildman–Crippen LogP) is 3.18. The van der Waals surface area contributed by atoms with Gasteiger partial charge in [-0.1, -0.05) is 13.0 Å². The van der Waals surface area contributed by atoms with E-state index in [0.717, 1.165) is 12.8 Å². The van der Waals surface area contributed by atoms with Crippen molar-refractivity contribution in [2.24, 2.45) is 17.3 Å². The molecular weight excluding hydrogens is 294 g/mol. The third kappa shape index (κ3) is 2.07. The van der Waals surface area contributed by atoms with E-state index < -0.39 is 17.7 Å². The Hall–Kier alpha value is -1.13. The highest BCUT2D eigenvalue weighted by Gasteiger charge is 2.61. The van der Waals surface area contributed by atoms with Crippen LogP contribution in [0, 0.1) is 17.3 Å². The maximum atomic E-state index is 14.3. The zero-order chi connectivity index (χ0) is 16.4. The average Bonchev–Trinajstić information content (AvgIpc) is 2.77. The molecule has 0 bridgehead atoms. The predicted molar refractivity (Wildman–Crippen MR) is 85.2 cm³/mol. The number of aromatic hydroxyl groups is 1. The van der Waals surface area contributed by atoms with E-state index in [1.807, 2.05) is 19.1 Å². The summed E-state index contributed by atoms with van der Waals surface area (Å²) in [6, 6.07) is 5.60. The molecule has 2 N–H and O–H groups in total. The highest BCUT2D eigenvalue weighted by molar-refractivity contribution is 5.41. The number of hydrogen-bond acceptors (Lipinski definition) is 3. The van der Waals surface area contributed by atoms with Gasteiger partial charge in [0.05, 0.1) is 12.2 Å². The van der Waals surface area contributed by atoms with E-state index in [4.69, 9.17) is 4.74 Å². The summed E-state index contributed by atoms with van der Waals surface area (Å²) in [6.45, 7) is 2.04. The lowest BCUT2D eigenvalue weighted by Gasteiger charge is -2.53. The van der Waals surface area contributed by atoms with Crippen molar-refractivity contribution in [3.63, 3.8) is 0 Å². The Morgan fingerprint density at radius 3 is 2.87 bits per heavy atom. The van der Waals surface area contributed by atoms with Crippen molar-refractivity contribution >= 4 is 0 Å². The van der Waals surface area contributed by atoms with Gasteiger partial charge in [-0.05, 0) is 60.8 Å². The Kier molecular flexibility index (Phi) is 3.47. The Morgan fingerprint density at radius 2 is 2.13 bits per heavy atom. The number of phenols is 1. The van der Waals surface area contributed by atoms with Gasteiger partial charge in [0.15, 0.2) is 0 Å². The van der Waals surface area contributed by atoms with Crippen molar-refractivity contribution in [2.45, 2.75) is 56.9 Å². The van der Waals surface area contributed by atoms with Gasteiger partial charge in [-0.25, -0.2) is 4.39 Å². The number of methoxy groups -OCH3 is 1. The molecule has 126 valence electrons. The Morgan fingerprint density at radius 1 is 1.35 bits per heavy atom. The number of aliphatic hydroxyl groups excluding tert-OH is 1. The monoisotopic (exact) mass is 319 g/mol. The van der Waals surface area contributed by atoms with Gasteiger partial charge in [0.2, 0.25) is 0 Å². The largest absolute Gasteiger partial charge is 0.508 e. The highest BCUT2D eigenvalue weighted by atomic mass is 18.2. The van der Waals surface area contributed by atoms with Crippen LogP contribution in [-0.4, -0.2) is 35.7 Å². The van der Waals surface area contributed by atoms with Gasteiger partial charge in [-0.3, -0.25) is 0 Å². The number of phenolic OH excluding ortho intramolecular Hbond substituents is 1. The fourth-order valence-corrected chi connectivity index (χ4v) is 5.79. The summed E-state index contributed by atoms with van der Waals surface area (Å²) in [7, 11) is 1.72. The first kappa shape index (κ1) is 15.4. The van der Waals surface area contributed by atoms with Crippen LogP contribution in [0.5, 0.6) is 5.75 Å². The van der Waals surface area contributed by atoms with Crippen LogP contribution in [0.25, 0.3) is 0 Å². The van der Waals surface area contributed by atoms with Gasteiger partial charge in [0.25, 0.3) is 0 Å². The van der Waals surface area contributed by atoms with Crippen LogP contribution in [-0.2, 0) is 11.2 Å². The van der Waals surface area contributed by atoms with Gasteiger partial charge in [-0.15, -0.1) is 0 Å². The zero-order valence-corrected chi connectivity index (χ0v) is 13.7. The van der Waals surface area contributed by atoms with Crippen molar-refractivity contribution in [1.29, 1.82) is 0 Å². The quantitative estimate of drug-likeness (QED) is 0.836. The summed E-state index contributed by atoms with van der Waals surface area (Å²) in [5.41, 5.74) is 2.03. The molecular formula is C19H25FO3. The van der Waals surface area contributed by atoms with E-state index in [2.05, 4.69) is 0 Å². The van der Waals surface area contributed by atoms with E-state index in [9.17, 15) is 14.6 Å². The fraction of sp³-hybridized carbons (Fsp3) is 0.684. The third-order valence-corrected chi connectivity index (χ3v) is 6.90. The minimum absolute atomic E-state index is 0.00945. The maximum absolute atomic E-state index is 14.3. The number of fused-ring (bicyclic) bond motifs is 5. The Labute approximate surface area is 136 Å². The molecule has 0 amide bonds. The molecule has 7 atom stereocenters. The second kappa shape index (κ2) is 5.18. The lowest BCUT2D eigenvalue weighted by molar-refractivity contribution is -0.0977. The molecule has 0 spiro atoms. The molecule has 3 aliphatic carbocycles. The second-order valence-corrected chi connectivity index (χ2v) is 7.90. The number of aryl methyl sites for hydroxylation is 1. The number of rotatable bonds is 1. The third-order valence-electron chi connectivity index (χ3n) is 6.90. The zero-order valence-electron chi connectivity index (χ0n) is 13.7. The van der Waals surface area contributed by atoms with Crippen LogP contribution in [0.4, 0.5) is 4.39 Å². The number of benzene rings is 1.